The number of nitrogens with zero attached hydrogens (tertiary/aromatic N) is 1. The van der Waals surface area contributed by atoms with E-state index in [2.05, 4.69) is 11.4 Å². The van der Waals surface area contributed by atoms with Crippen molar-refractivity contribution in [2.24, 2.45) is 0 Å². The summed E-state index contributed by atoms with van der Waals surface area (Å²) < 4.78 is 5.23. The molecule has 0 bridgehead atoms. The number of rotatable bonds is 0. The van der Waals surface area contributed by atoms with Gasteiger partial charge in [-0.1, -0.05) is 18.7 Å². The highest BCUT2D eigenvalue weighted by Gasteiger charge is 2.15. The maximum Gasteiger partial charge on any atom is 0.187 e. The summed E-state index contributed by atoms with van der Waals surface area (Å²) in [6.07, 6.45) is 0. The van der Waals surface area contributed by atoms with Gasteiger partial charge in [0.2, 0.25) is 0 Å². The highest BCUT2D eigenvalue weighted by Crippen LogP contribution is 2.30. The highest BCUT2D eigenvalue weighted by atomic mass is 16.5. The van der Waals surface area contributed by atoms with Crippen LogP contribution < -0.4 is 0 Å². The van der Waals surface area contributed by atoms with Crippen LogP contribution in [-0.4, -0.2) is 0 Å². The van der Waals surface area contributed by atoms with Gasteiger partial charge in [0.1, 0.15) is 12.4 Å². The molecule has 1 aliphatic rings. The lowest BCUT2D eigenvalue weighted by atomic mass is 10.1. The summed E-state index contributed by atoms with van der Waals surface area (Å²) in [6.45, 7) is 11.1. The molecule has 58 valence electrons. The molecule has 0 atom stereocenters. The SMILES string of the molecule is [C-]#[N+]c1ccc2c(c1)COC2=C. The molecule has 0 saturated carbocycles. The van der Waals surface area contributed by atoms with Gasteiger partial charge in [0, 0.05) is 5.56 Å². The summed E-state index contributed by atoms with van der Waals surface area (Å²) in [7, 11) is 0. The molecule has 1 aliphatic heterocycles. The fraction of sp³-hybridized carbons (Fsp3) is 0.100. The number of ether oxygens (including phenoxy) is 1. The van der Waals surface area contributed by atoms with Crippen molar-refractivity contribution in [2.75, 3.05) is 0 Å². The summed E-state index contributed by atoms with van der Waals surface area (Å²) in [4.78, 5) is 3.34. The molecule has 12 heavy (non-hydrogen) atoms. The van der Waals surface area contributed by atoms with E-state index in [0.29, 0.717) is 18.1 Å². The van der Waals surface area contributed by atoms with Gasteiger partial charge < -0.3 is 4.74 Å². The van der Waals surface area contributed by atoms with Gasteiger partial charge in [-0.3, -0.25) is 0 Å². The van der Waals surface area contributed by atoms with E-state index in [1.807, 2.05) is 12.1 Å². The van der Waals surface area contributed by atoms with Crippen molar-refractivity contribution in [3.05, 3.63) is 47.3 Å². The zero-order chi connectivity index (χ0) is 8.55. The van der Waals surface area contributed by atoms with E-state index < -0.39 is 0 Å². The van der Waals surface area contributed by atoms with Gasteiger partial charge in [0.25, 0.3) is 0 Å². The minimum Gasteiger partial charge on any atom is -0.489 e. The van der Waals surface area contributed by atoms with Crippen LogP contribution in [0, 0.1) is 6.57 Å². The molecule has 0 aromatic heterocycles. The fourth-order valence-electron chi connectivity index (χ4n) is 1.28. The Morgan fingerprint density at radius 1 is 1.50 bits per heavy atom. The Balaban J connectivity index is 2.57. The summed E-state index contributed by atoms with van der Waals surface area (Å²) in [6, 6.07) is 5.52. The Morgan fingerprint density at radius 2 is 2.33 bits per heavy atom. The van der Waals surface area contributed by atoms with Gasteiger partial charge in [-0.2, -0.15) is 0 Å². The molecule has 1 heterocycles. The first-order valence-electron chi connectivity index (χ1n) is 3.64. The topological polar surface area (TPSA) is 13.6 Å². The van der Waals surface area contributed by atoms with Crippen molar-refractivity contribution in [1.82, 2.24) is 0 Å². The molecule has 0 spiro atoms. The monoisotopic (exact) mass is 157 g/mol. The molecular formula is C10H7NO. The maximum absolute atomic E-state index is 6.82. The van der Waals surface area contributed by atoms with Crippen molar-refractivity contribution in [2.45, 2.75) is 6.61 Å². The summed E-state index contributed by atoms with van der Waals surface area (Å²) >= 11 is 0. The normalized spacial score (nSPS) is 13.4. The van der Waals surface area contributed by atoms with E-state index >= 15 is 0 Å². The van der Waals surface area contributed by atoms with Gasteiger partial charge >= 0.3 is 0 Å². The van der Waals surface area contributed by atoms with E-state index in [9.17, 15) is 0 Å². The predicted molar refractivity (Wildman–Crippen MR) is 46.5 cm³/mol. The third-order valence-corrected chi connectivity index (χ3v) is 1.92. The first-order chi connectivity index (χ1) is 5.81. The first kappa shape index (κ1) is 6.93. The van der Waals surface area contributed by atoms with Crippen molar-refractivity contribution >= 4 is 11.4 Å². The minimum atomic E-state index is 0.553. The van der Waals surface area contributed by atoms with Crippen molar-refractivity contribution in [1.29, 1.82) is 0 Å². The lowest BCUT2D eigenvalue weighted by Gasteiger charge is -1.95. The molecule has 0 fully saturated rings. The summed E-state index contributed by atoms with van der Waals surface area (Å²) in [5.74, 6) is 0.710. The summed E-state index contributed by atoms with van der Waals surface area (Å²) in [5, 5.41) is 0. The van der Waals surface area contributed by atoms with Gasteiger partial charge in [0.15, 0.2) is 5.69 Å². The molecule has 2 rings (SSSR count). The summed E-state index contributed by atoms with van der Waals surface area (Å²) in [5.41, 5.74) is 2.75. The highest BCUT2D eigenvalue weighted by molar-refractivity contribution is 5.67. The Morgan fingerprint density at radius 3 is 3.08 bits per heavy atom. The van der Waals surface area contributed by atoms with E-state index in [4.69, 9.17) is 11.3 Å². The molecule has 0 amide bonds. The molecule has 1 aromatic carbocycles. The lowest BCUT2D eigenvalue weighted by molar-refractivity contribution is 0.286. The average molecular weight is 157 g/mol. The molecule has 0 unspecified atom stereocenters. The van der Waals surface area contributed by atoms with Crippen LogP contribution >= 0.6 is 0 Å². The standard InChI is InChI=1S/C10H7NO/c1-7-10-4-3-9(11-2)5-8(10)6-12-7/h3-5H,1,6H2. The number of fused-ring (bicyclic) bond motifs is 1. The number of benzene rings is 1. The van der Waals surface area contributed by atoms with E-state index in [1.54, 1.807) is 6.07 Å². The molecular weight excluding hydrogens is 150 g/mol. The van der Waals surface area contributed by atoms with Gasteiger partial charge in [-0.05, 0) is 11.6 Å². The Hall–Kier alpha value is -1.75. The molecule has 0 aliphatic carbocycles. The second-order valence-electron chi connectivity index (χ2n) is 2.67. The molecule has 0 radical (unpaired) electrons. The smallest absolute Gasteiger partial charge is 0.187 e. The Bertz CT molecular complexity index is 387. The zero-order valence-electron chi connectivity index (χ0n) is 6.50. The molecule has 0 saturated heterocycles. The van der Waals surface area contributed by atoms with Gasteiger partial charge in [0.05, 0.1) is 6.57 Å². The fourth-order valence-corrected chi connectivity index (χ4v) is 1.28. The van der Waals surface area contributed by atoms with Crippen LogP contribution in [0.2, 0.25) is 0 Å². The molecule has 2 heteroatoms. The van der Waals surface area contributed by atoms with E-state index in [0.717, 1.165) is 11.1 Å². The molecule has 0 N–H and O–H groups in total. The first-order valence-corrected chi connectivity index (χ1v) is 3.64. The van der Waals surface area contributed by atoms with Crippen LogP contribution in [0.3, 0.4) is 0 Å². The average Bonchev–Trinajstić information content (AvgIpc) is 2.47. The lowest BCUT2D eigenvalue weighted by Crippen LogP contribution is -1.78. The Labute approximate surface area is 70.9 Å². The second-order valence-corrected chi connectivity index (χ2v) is 2.67. The largest absolute Gasteiger partial charge is 0.489 e. The van der Waals surface area contributed by atoms with Crippen LogP contribution in [0.5, 0.6) is 0 Å². The predicted octanol–water partition coefficient (Wildman–Crippen LogP) is 2.74. The second kappa shape index (κ2) is 2.38. The van der Waals surface area contributed by atoms with Crippen LogP contribution in [0.15, 0.2) is 24.8 Å². The third kappa shape index (κ3) is 0.876. The third-order valence-electron chi connectivity index (χ3n) is 1.92. The van der Waals surface area contributed by atoms with E-state index in [1.165, 1.54) is 0 Å². The number of hydrogen-bond donors (Lipinski definition) is 0. The Kier molecular flexibility index (Phi) is 1.38. The maximum atomic E-state index is 6.82. The van der Waals surface area contributed by atoms with Crippen molar-refractivity contribution in [3.63, 3.8) is 0 Å². The van der Waals surface area contributed by atoms with Crippen LogP contribution in [-0.2, 0) is 11.3 Å². The van der Waals surface area contributed by atoms with Gasteiger partial charge in [-0.25, -0.2) is 4.85 Å². The minimum absolute atomic E-state index is 0.553. The molecule has 1 aromatic rings. The van der Waals surface area contributed by atoms with Crippen LogP contribution in [0.4, 0.5) is 5.69 Å². The van der Waals surface area contributed by atoms with Crippen LogP contribution in [0.25, 0.3) is 10.6 Å². The molecule has 2 nitrogen and oxygen atoms in total. The van der Waals surface area contributed by atoms with Crippen LogP contribution in [0.1, 0.15) is 11.1 Å². The van der Waals surface area contributed by atoms with E-state index in [-0.39, 0.29) is 0 Å². The number of hydrogen-bond acceptors (Lipinski definition) is 1. The zero-order valence-corrected chi connectivity index (χ0v) is 6.50. The van der Waals surface area contributed by atoms with Crippen molar-refractivity contribution in [3.8, 4) is 0 Å². The van der Waals surface area contributed by atoms with Crippen molar-refractivity contribution < 1.29 is 4.74 Å². The quantitative estimate of drug-likeness (QED) is 0.528. The van der Waals surface area contributed by atoms with Gasteiger partial charge in [-0.15, -0.1) is 0 Å².